The monoisotopic (exact) mass is 556 g/mol. The van der Waals surface area contributed by atoms with Crippen LogP contribution in [0.25, 0.3) is 33.3 Å². The highest BCUT2D eigenvalue weighted by Gasteiger charge is 2.29. The van der Waals surface area contributed by atoms with Crippen molar-refractivity contribution in [1.82, 2.24) is 24.4 Å². The molecule has 0 unspecified atom stereocenters. The minimum absolute atomic E-state index is 0.241. The first-order chi connectivity index (χ1) is 19.8. The lowest BCUT2D eigenvalue weighted by Gasteiger charge is -2.39. The maximum absolute atomic E-state index is 13.4. The van der Waals surface area contributed by atoms with Crippen LogP contribution in [-0.2, 0) is 13.1 Å². The molecule has 10 heteroatoms. The molecule has 1 aliphatic rings. The predicted octanol–water partition coefficient (Wildman–Crippen LogP) is 4.05. The molecule has 0 saturated carbocycles. The maximum atomic E-state index is 13.4. The summed E-state index contributed by atoms with van der Waals surface area (Å²) in [4.78, 5) is 28.1. The zero-order chi connectivity index (χ0) is 28.6. The van der Waals surface area contributed by atoms with Crippen molar-refractivity contribution in [1.29, 1.82) is 0 Å². The number of halogens is 1. The summed E-state index contributed by atoms with van der Waals surface area (Å²) in [6.07, 6.45) is 2.59. The van der Waals surface area contributed by atoms with Gasteiger partial charge in [-0.05, 0) is 61.5 Å². The number of nitrogens with one attached hydrogen (secondary N) is 1. The molecule has 3 N–H and O–H groups in total. The van der Waals surface area contributed by atoms with Crippen LogP contribution < -0.4 is 16.1 Å². The molecule has 3 heterocycles. The first kappa shape index (κ1) is 27.1. The fourth-order valence-corrected chi connectivity index (χ4v) is 5.41. The molecule has 0 aliphatic carbocycles. The Labute approximate surface area is 237 Å². The molecule has 5 aromatic rings. The summed E-state index contributed by atoms with van der Waals surface area (Å²) in [5, 5.41) is 0.471. The Bertz CT molecular complexity index is 1760. The number of nitrogens with zero attached hydrogens (tertiary/aromatic N) is 5. The summed E-state index contributed by atoms with van der Waals surface area (Å²) < 4.78 is 21.8. The number of fused-ring (bicyclic) bond motifs is 2. The normalized spacial score (nSPS) is 15.5. The highest BCUT2D eigenvalue weighted by molar-refractivity contribution is 5.93. The van der Waals surface area contributed by atoms with Crippen LogP contribution in [0.15, 0.2) is 65.7 Å². The number of aromatic nitrogens is 4. The van der Waals surface area contributed by atoms with Gasteiger partial charge in [-0.1, -0.05) is 19.1 Å². The van der Waals surface area contributed by atoms with Crippen molar-refractivity contribution >= 4 is 21.9 Å². The molecule has 2 aromatic heterocycles. The van der Waals surface area contributed by atoms with Gasteiger partial charge in [-0.15, -0.1) is 0 Å². The van der Waals surface area contributed by atoms with Crippen molar-refractivity contribution in [2.45, 2.75) is 26.4 Å². The maximum Gasteiger partial charge on any atom is 0.259 e. The number of piperazine rings is 1. The summed E-state index contributed by atoms with van der Waals surface area (Å²) in [5.74, 6) is 7.59. The van der Waals surface area contributed by atoms with Crippen LogP contribution in [0.5, 0.6) is 5.75 Å². The number of rotatable bonds is 8. The van der Waals surface area contributed by atoms with E-state index in [-0.39, 0.29) is 11.4 Å². The van der Waals surface area contributed by atoms with Crippen molar-refractivity contribution in [3.05, 3.63) is 88.2 Å². The Kier molecular flexibility index (Phi) is 7.29. The number of nitrogens with two attached hydrogens (primary N) is 1. The van der Waals surface area contributed by atoms with E-state index in [2.05, 4.69) is 34.9 Å². The quantitative estimate of drug-likeness (QED) is 0.221. The summed E-state index contributed by atoms with van der Waals surface area (Å²) >= 11 is 0. The zero-order valence-corrected chi connectivity index (χ0v) is 23.4. The van der Waals surface area contributed by atoms with E-state index in [1.165, 1.54) is 12.1 Å². The highest BCUT2D eigenvalue weighted by atomic mass is 19.1. The third-order valence-corrected chi connectivity index (χ3v) is 7.83. The van der Waals surface area contributed by atoms with Crippen LogP contribution in [0.1, 0.15) is 24.5 Å². The molecule has 3 aromatic carbocycles. The standard InChI is InChI=1S/C31H34FN7O2/c1-3-14-41-29-9-6-22(19-39(33)12-10-37(2)11-13-39)15-25(29)30-35-26-17-27-28(16-24(26)31(40)36-30)38(20-34-27)18-21-4-7-23(32)8-5-21/h4-9,15-17,20H,3,10-14,18-19,33H2,1-2H3/p+1. The Hall–Kier alpha value is -4.12. The average Bonchev–Trinajstić information content (AvgIpc) is 3.35. The molecule has 41 heavy (non-hydrogen) atoms. The van der Waals surface area contributed by atoms with Crippen molar-refractivity contribution in [2.75, 3.05) is 39.8 Å². The van der Waals surface area contributed by atoms with Crippen molar-refractivity contribution in [3.63, 3.8) is 0 Å². The molecule has 212 valence electrons. The van der Waals surface area contributed by atoms with Gasteiger partial charge in [-0.25, -0.2) is 19.0 Å². The molecule has 0 amide bonds. The van der Waals surface area contributed by atoms with Gasteiger partial charge in [-0.2, -0.15) is 5.84 Å². The number of ether oxygens (including phenoxy) is 1. The van der Waals surface area contributed by atoms with Crippen molar-refractivity contribution in [3.8, 4) is 17.1 Å². The lowest BCUT2D eigenvalue weighted by molar-refractivity contribution is -0.956. The zero-order valence-electron chi connectivity index (χ0n) is 23.4. The van der Waals surface area contributed by atoms with E-state index in [1.807, 2.05) is 28.8 Å². The fourth-order valence-electron chi connectivity index (χ4n) is 5.41. The van der Waals surface area contributed by atoms with Crippen LogP contribution >= 0.6 is 0 Å². The molecule has 0 spiro atoms. The lowest BCUT2D eigenvalue weighted by Crippen LogP contribution is -2.62. The minimum Gasteiger partial charge on any atom is -0.493 e. The van der Waals surface area contributed by atoms with Crippen LogP contribution in [0.3, 0.4) is 0 Å². The number of likely N-dealkylation sites (N-methyl/N-ethyl adjacent to an activating group) is 1. The molecule has 6 rings (SSSR count). The third-order valence-electron chi connectivity index (χ3n) is 7.83. The van der Waals surface area contributed by atoms with E-state index >= 15 is 0 Å². The van der Waals surface area contributed by atoms with Crippen LogP contribution in [0.2, 0.25) is 0 Å². The molecular formula is C31H35FN7O2+. The minimum atomic E-state index is -0.277. The molecule has 1 saturated heterocycles. The van der Waals surface area contributed by atoms with Crippen LogP contribution in [0.4, 0.5) is 4.39 Å². The first-order valence-corrected chi connectivity index (χ1v) is 14.0. The van der Waals surface area contributed by atoms with Gasteiger partial charge in [0.05, 0.1) is 40.4 Å². The Morgan fingerprint density at radius 2 is 1.80 bits per heavy atom. The number of hydrogen-bond donors (Lipinski definition) is 2. The molecule has 1 fully saturated rings. The second-order valence-electron chi connectivity index (χ2n) is 11.1. The van der Waals surface area contributed by atoms with Crippen LogP contribution in [-0.4, -0.2) is 68.8 Å². The van der Waals surface area contributed by atoms with E-state index in [1.54, 1.807) is 18.5 Å². The number of H-pyrrole nitrogens is 1. The van der Waals surface area contributed by atoms with Gasteiger partial charge in [0.25, 0.3) is 5.56 Å². The van der Waals surface area contributed by atoms with E-state index in [9.17, 15) is 9.18 Å². The molecule has 0 atom stereocenters. The van der Waals surface area contributed by atoms with Crippen molar-refractivity contribution < 1.29 is 13.7 Å². The SMILES string of the molecule is CCCOc1ccc(C[N+]2(N)CCN(C)CC2)cc1-c1nc2cc3ncn(Cc4ccc(F)cc4)c3cc2c(=O)[nH]1. The molecule has 9 nitrogen and oxygen atoms in total. The second-order valence-corrected chi connectivity index (χ2v) is 11.1. The number of aromatic amines is 1. The summed E-state index contributed by atoms with van der Waals surface area (Å²) in [6, 6.07) is 16.1. The summed E-state index contributed by atoms with van der Waals surface area (Å²) in [6.45, 7) is 7.44. The Morgan fingerprint density at radius 3 is 2.56 bits per heavy atom. The predicted molar refractivity (Wildman–Crippen MR) is 158 cm³/mol. The molecule has 1 aliphatic heterocycles. The smallest absolute Gasteiger partial charge is 0.259 e. The van der Waals surface area contributed by atoms with E-state index in [0.717, 1.165) is 60.3 Å². The summed E-state index contributed by atoms with van der Waals surface area (Å²) in [5.41, 5.74) is 4.58. The molecule has 0 bridgehead atoms. The summed E-state index contributed by atoms with van der Waals surface area (Å²) in [7, 11) is 2.12. The van der Waals surface area contributed by atoms with Gasteiger partial charge in [0.2, 0.25) is 0 Å². The second kappa shape index (κ2) is 11.0. The van der Waals surface area contributed by atoms with Crippen LogP contribution in [0, 0.1) is 5.82 Å². The van der Waals surface area contributed by atoms with Gasteiger partial charge < -0.3 is 14.3 Å². The Balaban J connectivity index is 1.37. The molecular weight excluding hydrogens is 521 g/mol. The largest absolute Gasteiger partial charge is 0.493 e. The first-order valence-electron chi connectivity index (χ1n) is 14.0. The van der Waals surface area contributed by atoms with Crippen molar-refractivity contribution in [2.24, 2.45) is 5.84 Å². The lowest BCUT2D eigenvalue weighted by atomic mass is 10.1. The van der Waals surface area contributed by atoms with Gasteiger partial charge in [0, 0.05) is 25.2 Å². The van der Waals surface area contributed by atoms with Gasteiger partial charge in [-0.3, -0.25) is 9.69 Å². The van der Waals surface area contributed by atoms with Gasteiger partial charge in [0.1, 0.15) is 37.0 Å². The number of hydrogen-bond acceptors (Lipinski definition) is 6. The number of quaternary nitrogens is 1. The van der Waals surface area contributed by atoms with Gasteiger partial charge in [0.15, 0.2) is 0 Å². The van der Waals surface area contributed by atoms with E-state index in [0.29, 0.717) is 46.8 Å². The fraction of sp³-hybridized carbons (Fsp3) is 0.323. The van der Waals surface area contributed by atoms with E-state index < -0.39 is 0 Å². The topological polar surface area (TPSA) is 102 Å². The molecule has 0 radical (unpaired) electrons. The van der Waals surface area contributed by atoms with E-state index in [4.69, 9.17) is 15.6 Å². The number of benzene rings is 3. The Morgan fingerprint density at radius 1 is 1.05 bits per heavy atom. The van der Waals surface area contributed by atoms with Gasteiger partial charge >= 0.3 is 0 Å². The highest BCUT2D eigenvalue weighted by Crippen LogP contribution is 2.31. The number of imidazole rings is 1. The third kappa shape index (κ3) is 5.72. The average molecular weight is 557 g/mol.